The molecule has 0 nitrogen and oxygen atoms in total. The van der Waals surface area contributed by atoms with E-state index in [4.69, 9.17) is 0 Å². The van der Waals surface area contributed by atoms with Crippen molar-refractivity contribution in [1.29, 1.82) is 0 Å². The normalized spacial score (nSPS) is 12.3. The van der Waals surface area contributed by atoms with E-state index < -0.39 is 0 Å². The molecule has 0 fully saturated rings. The molecular formula is C7H9Cl2Ti. The molecule has 0 saturated carbocycles. The zero-order chi connectivity index (χ0) is 5.11. The molecule has 0 aromatic heterocycles. The Bertz CT molecular complexity index is 119. The molecule has 1 aliphatic carbocycles. The van der Waals surface area contributed by atoms with Crippen molar-refractivity contribution in [2.45, 2.75) is 12.8 Å². The molecule has 55 valence electrons. The molecule has 1 radical (unpaired) electrons. The predicted octanol–water partition coefficient (Wildman–Crippen LogP) is -3.90. The van der Waals surface area contributed by atoms with Crippen LogP contribution < -0.4 is 24.8 Å². The van der Waals surface area contributed by atoms with Gasteiger partial charge in [0.2, 0.25) is 0 Å². The van der Waals surface area contributed by atoms with E-state index in [1.165, 1.54) is 5.57 Å². The predicted molar refractivity (Wildman–Crippen MR) is 31.8 cm³/mol. The Morgan fingerprint density at radius 1 is 1.40 bits per heavy atom. The summed E-state index contributed by atoms with van der Waals surface area (Å²) in [5.41, 5.74) is 1.44. The van der Waals surface area contributed by atoms with Gasteiger partial charge in [0.25, 0.3) is 0 Å². The van der Waals surface area contributed by atoms with Crippen LogP contribution >= 0.6 is 0 Å². The van der Waals surface area contributed by atoms with Crippen LogP contribution in [-0.2, 0) is 21.7 Å². The van der Waals surface area contributed by atoms with Crippen LogP contribution in [0.25, 0.3) is 0 Å². The summed E-state index contributed by atoms with van der Waals surface area (Å²) < 4.78 is 0. The first-order chi connectivity index (χ1) is 3.43. The van der Waals surface area contributed by atoms with Gasteiger partial charge in [-0.05, 0) is 6.42 Å². The van der Waals surface area contributed by atoms with Gasteiger partial charge >= 0.3 is 21.7 Å². The number of halogens is 2. The van der Waals surface area contributed by atoms with Crippen molar-refractivity contribution >= 4 is 0 Å². The van der Waals surface area contributed by atoms with Crippen LogP contribution in [0.3, 0.4) is 0 Å². The summed E-state index contributed by atoms with van der Waals surface area (Å²) in [4.78, 5) is 0. The second-order valence-electron chi connectivity index (χ2n) is 1.71. The fourth-order valence-electron chi connectivity index (χ4n) is 0.677. The van der Waals surface area contributed by atoms with Crippen LogP contribution in [0.15, 0.2) is 23.8 Å². The molecule has 0 saturated heterocycles. The monoisotopic (exact) mass is 211 g/mol. The van der Waals surface area contributed by atoms with E-state index in [1.54, 1.807) is 0 Å². The molecule has 1 aliphatic rings. The molecule has 0 amide bonds. The Morgan fingerprint density at radius 3 is 2.20 bits per heavy atom. The molecule has 0 spiro atoms. The van der Waals surface area contributed by atoms with Gasteiger partial charge in [-0.25, -0.2) is 0 Å². The first-order valence-electron chi connectivity index (χ1n) is 2.57. The minimum absolute atomic E-state index is 0. The van der Waals surface area contributed by atoms with Crippen molar-refractivity contribution in [3.05, 3.63) is 30.7 Å². The average molecular weight is 212 g/mol. The summed E-state index contributed by atoms with van der Waals surface area (Å²) in [5, 5.41) is 0. The summed E-state index contributed by atoms with van der Waals surface area (Å²) in [6, 6.07) is 0. The van der Waals surface area contributed by atoms with Crippen molar-refractivity contribution in [2.24, 2.45) is 0 Å². The fraction of sp³-hybridized carbons (Fsp3) is 0.286. The molecule has 0 aliphatic heterocycles. The van der Waals surface area contributed by atoms with E-state index in [2.05, 4.69) is 25.2 Å². The van der Waals surface area contributed by atoms with Gasteiger partial charge in [0.15, 0.2) is 0 Å². The van der Waals surface area contributed by atoms with Crippen molar-refractivity contribution in [3.8, 4) is 0 Å². The van der Waals surface area contributed by atoms with Gasteiger partial charge < -0.3 is 31.7 Å². The molecule has 0 unspecified atom stereocenters. The zero-order valence-electron chi connectivity index (χ0n) is 5.61. The van der Waals surface area contributed by atoms with Crippen LogP contribution in [0.5, 0.6) is 0 Å². The van der Waals surface area contributed by atoms with E-state index in [0.717, 1.165) is 12.8 Å². The Kier molecular flexibility index (Phi) is 16.6. The van der Waals surface area contributed by atoms with E-state index in [-0.39, 0.29) is 46.5 Å². The Labute approximate surface area is 89.9 Å². The van der Waals surface area contributed by atoms with Crippen LogP contribution in [-0.4, -0.2) is 0 Å². The number of hydrogen-bond donors (Lipinski definition) is 0. The van der Waals surface area contributed by atoms with Gasteiger partial charge in [-0.3, -0.25) is 0 Å². The van der Waals surface area contributed by atoms with Gasteiger partial charge in [0.05, 0.1) is 0 Å². The minimum Gasteiger partial charge on any atom is -1.00 e. The smallest absolute Gasteiger partial charge is 1.00 e. The molecule has 0 aromatic rings. The molecule has 10 heavy (non-hydrogen) atoms. The minimum atomic E-state index is 0. The molecular weight excluding hydrogens is 203 g/mol. The fourth-order valence-corrected chi connectivity index (χ4v) is 0.677. The van der Waals surface area contributed by atoms with Gasteiger partial charge in [-0.2, -0.15) is 6.42 Å². The molecule has 0 aromatic carbocycles. The second-order valence-corrected chi connectivity index (χ2v) is 1.71. The second kappa shape index (κ2) is 9.77. The molecule has 1 rings (SSSR count). The van der Waals surface area contributed by atoms with Crippen molar-refractivity contribution in [2.75, 3.05) is 0 Å². The van der Waals surface area contributed by atoms with E-state index in [1.807, 2.05) is 0 Å². The summed E-state index contributed by atoms with van der Waals surface area (Å²) in [6.45, 7) is 3.76. The Hall–Kier alpha value is 0.774. The zero-order valence-corrected chi connectivity index (χ0v) is 8.68. The average Bonchev–Trinajstić information content (AvgIpc) is 2.14. The number of hydrogen-bond acceptors (Lipinski definition) is 0. The maximum atomic E-state index is 3.76. The molecule has 0 atom stereocenters. The largest absolute Gasteiger partial charge is 3.00 e. The van der Waals surface area contributed by atoms with Crippen LogP contribution in [0.1, 0.15) is 12.8 Å². The summed E-state index contributed by atoms with van der Waals surface area (Å²) in [5.74, 6) is 0. The Morgan fingerprint density at radius 2 is 2.00 bits per heavy atom. The van der Waals surface area contributed by atoms with Crippen LogP contribution in [0.4, 0.5) is 0 Å². The summed E-state index contributed by atoms with van der Waals surface area (Å²) >= 11 is 0. The van der Waals surface area contributed by atoms with E-state index in [9.17, 15) is 0 Å². The third-order valence-electron chi connectivity index (χ3n) is 1.17. The van der Waals surface area contributed by atoms with E-state index in [0.29, 0.717) is 0 Å². The maximum Gasteiger partial charge on any atom is 3.00 e. The summed E-state index contributed by atoms with van der Waals surface area (Å²) in [6.07, 6.45) is 8.46. The first kappa shape index (κ1) is 17.0. The SMILES string of the molecule is [CH2-]CC1=CC=CC1.[Cl-].[Cl-].[Ti+3]. The maximum absolute atomic E-state index is 3.76. The molecule has 0 bridgehead atoms. The first-order valence-corrected chi connectivity index (χ1v) is 2.57. The third-order valence-corrected chi connectivity index (χ3v) is 1.17. The van der Waals surface area contributed by atoms with E-state index >= 15 is 0 Å². The standard InChI is InChI=1S/C7H9.2ClH.Ti/c1-2-7-5-3-4-6-7;;;/h3-5H,1-2,6H2;2*1H;/q-1;;;+3/p-2. The van der Waals surface area contributed by atoms with Crippen LogP contribution in [0.2, 0.25) is 0 Å². The third kappa shape index (κ3) is 5.55. The van der Waals surface area contributed by atoms with Crippen molar-refractivity contribution < 1.29 is 46.5 Å². The van der Waals surface area contributed by atoms with Crippen molar-refractivity contribution in [1.82, 2.24) is 0 Å². The van der Waals surface area contributed by atoms with Gasteiger partial charge in [-0.15, -0.1) is 0 Å². The number of rotatable bonds is 1. The van der Waals surface area contributed by atoms with Gasteiger partial charge in [0.1, 0.15) is 0 Å². The quantitative estimate of drug-likeness (QED) is 0.308. The Balaban J connectivity index is -0.000000163. The topological polar surface area (TPSA) is 0 Å². The van der Waals surface area contributed by atoms with Crippen LogP contribution in [0, 0.1) is 6.92 Å². The molecule has 3 heteroatoms. The van der Waals surface area contributed by atoms with Gasteiger partial charge in [0, 0.05) is 0 Å². The summed E-state index contributed by atoms with van der Waals surface area (Å²) in [7, 11) is 0. The molecule has 0 heterocycles. The number of allylic oxidation sites excluding steroid dienone is 4. The van der Waals surface area contributed by atoms with Gasteiger partial charge in [-0.1, -0.05) is 23.8 Å². The molecule has 0 N–H and O–H groups in total. The van der Waals surface area contributed by atoms with Crippen molar-refractivity contribution in [3.63, 3.8) is 0 Å².